The van der Waals surface area contributed by atoms with Gasteiger partial charge >= 0.3 is 0 Å². The Kier molecular flexibility index (Phi) is 11.0. The molecule has 1 saturated heterocycles. The summed E-state index contributed by atoms with van der Waals surface area (Å²) in [6.07, 6.45) is 9.57. The van der Waals surface area contributed by atoms with E-state index in [1.54, 1.807) is 17.6 Å². The Labute approximate surface area is 195 Å². The third-order valence-corrected chi connectivity index (χ3v) is 6.25. The molecule has 0 aromatic carbocycles. The van der Waals surface area contributed by atoms with Crippen molar-refractivity contribution in [3.63, 3.8) is 0 Å². The van der Waals surface area contributed by atoms with E-state index >= 15 is 0 Å². The number of aryl methyl sites for hydroxylation is 1. The molecule has 1 aliphatic heterocycles. The summed E-state index contributed by atoms with van der Waals surface area (Å²) in [4.78, 5) is 13.2. The van der Waals surface area contributed by atoms with Crippen LogP contribution in [0.25, 0.3) is 0 Å². The lowest BCUT2D eigenvalue weighted by Crippen LogP contribution is -2.40. The van der Waals surface area contributed by atoms with Crippen molar-refractivity contribution in [3.8, 4) is 0 Å². The van der Waals surface area contributed by atoms with Gasteiger partial charge in [0.05, 0.1) is 23.9 Å². The quantitative estimate of drug-likeness (QED) is 0.288. The van der Waals surface area contributed by atoms with Crippen LogP contribution in [0.1, 0.15) is 54.8 Å². The molecule has 162 valence electrons. The Hall–Kier alpha value is -1.13. The van der Waals surface area contributed by atoms with E-state index in [1.807, 2.05) is 12.3 Å². The molecule has 0 aliphatic carbocycles. The number of rotatable bonds is 9. The normalized spacial score (nSPS) is 16.3. The number of hydrogen-bond acceptors (Lipinski definition) is 5. The molecule has 29 heavy (non-hydrogen) atoms. The lowest BCUT2D eigenvalue weighted by molar-refractivity contribution is 0.150. The van der Waals surface area contributed by atoms with Gasteiger partial charge in [-0.2, -0.15) is 0 Å². The molecule has 0 radical (unpaired) electrons. The Morgan fingerprint density at radius 3 is 2.76 bits per heavy atom. The van der Waals surface area contributed by atoms with Gasteiger partial charge < -0.3 is 15.1 Å². The highest BCUT2D eigenvalue weighted by Crippen LogP contribution is 2.25. The standard InChI is InChI=1S/C21H33N5OS.HI/c1-3-17-15-24-20(28-17)10-11-23-21(22-4-2)25-16-18(19-9-8-14-27-19)26-12-6-5-7-13-26;/h8-9,14-15,18H,3-7,10-13,16H2,1-2H3,(H2,22,23,25);1H. The van der Waals surface area contributed by atoms with Gasteiger partial charge in [0.2, 0.25) is 0 Å². The first-order valence-corrected chi connectivity index (χ1v) is 11.3. The van der Waals surface area contributed by atoms with Gasteiger partial charge in [0.25, 0.3) is 0 Å². The Bertz CT molecular complexity index is 712. The van der Waals surface area contributed by atoms with E-state index in [0.29, 0.717) is 6.54 Å². The maximum atomic E-state index is 5.73. The Balaban J connectivity index is 0.00000300. The Morgan fingerprint density at radius 1 is 1.28 bits per heavy atom. The fourth-order valence-corrected chi connectivity index (χ4v) is 4.39. The fourth-order valence-electron chi connectivity index (χ4n) is 3.53. The first-order chi connectivity index (χ1) is 13.8. The highest BCUT2D eigenvalue weighted by Gasteiger charge is 2.24. The average Bonchev–Trinajstić information content (AvgIpc) is 3.41. The molecule has 1 aliphatic rings. The van der Waals surface area contributed by atoms with Crippen LogP contribution in [-0.2, 0) is 12.8 Å². The number of nitrogens with one attached hydrogen (secondary N) is 2. The number of aliphatic imine (C=N–C) groups is 1. The largest absolute Gasteiger partial charge is 0.468 e. The molecule has 1 fully saturated rings. The molecule has 1 unspecified atom stereocenters. The third kappa shape index (κ3) is 7.57. The van der Waals surface area contributed by atoms with Gasteiger partial charge in [0.1, 0.15) is 5.76 Å². The van der Waals surface area contributed by atoms with Gasteiger partial charge in [-0.1, -0.05) is 13.3 Å². The summed E-state index contributed by atoms with van der Waals surface area (Å²) >= 11 is 1.80. The minimum atomic E-state index is 0. The molecule has 0 spiro atoms. The van der Waals surface area contributed by atoms with Crippen LogP contribution in [0.4, 0.5) is 0 Å². The monoisotopic (exact) mass is 531 g/mol. The van der Waals surface area contributed by atoms with Crippen LogP contribution in [0.2, 0.25) is 0 Å². The maximum absolute atomic E-state index is 5.73. The van der Waals surface area contributed by atoms with E-state index < -0.39 is 0 Å². The first-order valence-electron chi connectivity index (χ1n) is 10.5. The van der Waals surface area contributed by atoms with Crippen molar-refractivity contribution in [3.05, 3.63) is 40.2 Å². The lowest BCUT2D eigenvalue weighted by Gasteiger charge is -2.32. The van der Waals surface area contributed by atoms with Gasteiger partial charge in [-0.25, -0.2) is 4.98 Å². The molecular weight excluding hydrogens is 497 g/mol. The van der Waals surface area contributed by atoms with E-state index in [4.69, 9.17) is 9.41 Å². The zero-order chi connectivity index (χ0) is 19.6. The van der Waals surface area contributed by atoms with Gasteiger partial charge in [-0.3, -0.25) is 9.89 Å². The molecular formula is C21H34IN5OS. The zero-order valence-electron chi connectivity index (χ0n) is 17.5. The molecule has 6 nitrogen and oxygen atoms in total. The highest BCUT2D eigenvalue weighted by molar-refractivity contribution is 14.0. The molecule has 3 rings (SSSR count). The van der Waals surface area contributed by atoms with E-state index in [0.717, 1.165) is 50.7 Å². The minimum Gasteiger partial charge on any atom is -0.468 e. The second-order valence-electron chi connectivity index (χ2n) is 7.10. The maximum Gasteiger partial charge on any atom is 0.191 e. The molecule has 2 aromatic heterocycles. The van der Waals surface area contributed by atoms with Gasteiger partial charge in [-0.15, -0.1) is 35.3 Å². The van der Waals surface area contributed by atoms with Gasteiger partial charge in [0, 0.05) is 30.6 Å². The Morgan fingerprint density at radius 2 is 2.10 bits per heavy atom. The lowest BCUT2D eigenvalue weighted by atomic mass is 10.1. The molecule has 8 heteroatoms. The molecule has 0 saturated carbocycles. The SMILES string of the molecule is CCNC(=NCC(c1ccco1)N1CCCCC1)NCCc1ncc(CC)s1.I. The number of likely N-dealkylation sites (tertiary alicyclic amines) is 1. The number of thiazole rings is 1. The number of hydrogen-bond donors (Lipinski definition) is 2. The molecule has 1 atom stereocenters. The van der Waals surface area contributed by atoms with Crippen LogP contribution in [0, 0.1) is 0 Å². The van der Waals surface area contributed by atoms with E-state index in [-0.39, 0.29) is 30.0 Å². The minimum absolute atomic E-state index is 0. The van der Waals surface area contributed by atoms with Crippen LogP contribution < -0.4 is 10.6 Å². The summed E-state index contributed by atoms with van der Waals surface area (Å²) in [5.74, 6) is 1.87. The summed E-state index contributed by atoms with van der Waals surface area (Å²) in [5, 5.41) is 8.00. The van der Waals surface area contributed by atoms with Crippen molar-refractivity contribution in [2.45, 2.75) is 52.0 Å². The molecule has 2 aromatic rings. The van der Waals surface area contributed by atoms with Gasteiger partial charge in [-0.05, 0) is 51.4 Å². The van der Waals surface area contributed by atoms with Crippen LogP contribution in [0.3, 0.4) is 0 Å². The van der Waals surface area contributed by atoms with Crippen molar-refractivity contribution in [1.29, 1.82) is 0 Å². The van der Waals surface area contributed by atoms with Crippen molar-refractivity contribution in [2.75, 3.05) is 32.7 Å². The highest BCUT2D eigenvalue weighted by atomic mass is 127. The van der Waals surface area contributed by atoms with Crippen molar-refractivity contribution in [1.82, 2.24) is 20.5 Å². The second-order valence-corrected chi connectivity index (χ2v) is 8.30. The second kappa shape index (κ2) is 13.2. The van der Waals surface area contributed by atoms with Gasteiger partial charge in [0.15, 0.2) is 5.96 Å². The molecule has 3 heterocycles. The summed E-state index contributed by atoms with van der Waals surface area (Å²) in [6, 6.07) is 4.25. The summed E-state index contributed by atoms with van der Waals surface area (Å²) in [6.45, 7) is 8.88. The van der Waals surface area contributed by atoms with Crippen LogP contribution in [0.15, 0.2) is 34.0 Å². The van der Waals surface area contributed by atoms with Crippen molar-refractivity contribution in [2.24, 2.45) is 4.99 Å². The van der Waals surface area contributed by atoms with E-state index in [1.165, 1.54) is 29.1 Å². The predicted octanol–water partition coefficient (Wildman–Crippen LogP) is 4.24. The smallest absolute Gasteiger partial charge is 0.191 e. The number of furan rings is 1. The van der Waals surface area contributed by atoms with E-state index in [2.05, 4.69) is 40.4 Å². The summed E-state index contributed by atoms with van der Waals surface area (Å²) < 4.78 is 5.73. The average molecular weight is 532 g/mol. The fraction of sp³-hybridized carbons (Fsp3) is 0.619. The number of aromatic nitrogens is 1. The number of piperidine rings is 1. The molecule has 0 amide bonds. The van der Waals surface area contributed by atoms with Crippen LogP contribution in [-0.4, -0.2) is 48.6 Å². The third-order valence-electron chi connectivity index (χ3n) is 5.05. The van der Waals surface area contributed by atoms with Crippen molar-refractivity contribution < 1.29 is 4.42 Å². The number of nitrogens with zero attached hydrogens (tertiary/aromatic N) is 3. The predicted molar refractivity (Wildman–Crippen MR) is 131 cm³/mol. The zero-order valence-corrected chi connectivity index (χ0v) is 20.7. The van der Waals surface area contributed by atoms with Crippen molar-refractivity contribution >= 4 is 41.3 Å². The molecule has 0 bridgehead atoms. The van der Waals surface area contributed by atoms with Crippen LogP contribution in [0.5, 0.6) is 0 Å². The number of halogens is 1. The summed E-state index contributed by atoms with van der Waals surface area (Å²) in [7, 11) is 0. The van der Waals surface area contributed by atoms with E-state index in [9.17, 15) is 0 Å². The number of guanidine groups is 1. The van der Waals surface area contributed by atoms with Crippen LogP contribution >= 0.6 is 35.3 Å². The topological polar surface area (TPSA) is 65.7 Å². The molecule has 2 N–H and O–H groups in total. The summed E-state index contributed by atoms with van der Waals surface area (Å²) in [5.41, 5.74) is 0. The first kappa shape index (κ1) is 24.1.